The molecule has 1 aliphatic carbocycles. The van der Waals surface area contributed by atoms with E-state index in [-0.39, 0.29) is 30.2 Å². The van der Waals surface area contributed by atoms with Crippen LogP contribution < -0.4 is 5.76 Å². The quantitative estimate of drug-likeness (QED) is 0.787. The van der Waals surface area contributed by atoms with Gasteiger partial charge >= 0.3 is 5.76 Å². The van der Waals surface area contributed by atoms with E-state index in [0.717, 1.165) is 17.5 Å². The molecule has 4 rings (SSSR count). The number of carbonyl (C=O) groups is 2. The van der Waals surface area contributed by atoms with E-state index in [9.17, 15) is 18.8 Å². The van der Waals surface area contributed by atoms with Crippen LogP contribution in [0.25, 0.3) is 11.5 Å². The highest BCUT2D eigenvalue weighted by Gasteiger charge is 2.35. The van der Waals surface area contributed by atoms with Crippen molar-refractivity contribution in [3.63, 3.8) is 0 Å². The fourth-order valence-electron chi connectivity index (χ4n) is 3.11. The van der Waals surface area contributed by atoms with Crippen molar-refractivity contribution >= 4 is 11.8 Å². The third-order valence-electron chi connectivity index (χ3n) is 4.85. The lowest BCUT2D eigenvalue weighted by Crippen LogP contribution is -2.52. The van der Waals surface area contributed by atoms with Crippen molar-refractivity contribution in [3.8, 4) is 11.5 Å². The van der Waals surface area contributed by atoms with Crippen LogP contribution in [-0.2, 0) is 16.1 Å². The Hall–Kier alpha value is -2.97. The summed E-state index contributed by atoms with van der Waals surface area (Å²) in [5.41, 5.74) is 0.451. The minimum absolute atomic E-state index is 0.0349. The first-order valence-electron chi connectivity index (χ1n) is 8.92. The lowest BCUT2D eigenvalue weighted by atomic mass is 10.2. The number of aromatic nitrogens is 2. The van der Waals surface area contributed by atoms with Crippen LogP contribution in [0.15, 0.2) is 33.5 Å². The molecule has 1 saturated heterocycles. The van der Waals surface area contributed by atoms with Crippen molar-refractivity contribution in [2.45, 2.75) is 19.4 Å². The van der Waals surface area contributed by atoms with Crippen LogP contribution in [0.3, 0.4) is 0 Å². The zero-order valence-electron chi connectivity index (χ0n) is 14.6. The zero-order valence-corrected chi connectivity index (χ0v) is 14.6. The van der Waals surface area contributed by atoms with Gasteiger partial charge in [-0.25, -0.2) is 9.18 Å². The van der Waals surface area contributed by atoms with Crippen LogP contribution in [0.1, 0.15) is 12.8 Å². The van der Waals surface area contributed by atoms with Gasteiger partial charge in [-0.05, 0) is 37.1 Å². The van der Waals surface area contributed by atoms with E-state index in [1.807, 2.05) is 0 Å². The summed E-state index contributed by atoms with van der Waals surface area (Å²) in [7, 11) is 0. The van der Waals surface area contributed by atoms with E-state index in [1.54, 1.807) is 9.80 Å². The Kier molecular flexibility index (Phi) is 4.51. The van der Waals surface area contributed by atoms with Crippen LogP contribution in [0.4, 0.5) is 4.39 Å². The van der Waals surface area contributed by atoms with Crippen molar-refractivity contribution in [2.75, 3.05) is 26.2 Å². The lowest BCUT2D eigenvalue weighted by molar-refractivity contribution is -0.140. The lowest BCUT2D eigenvalue weighted by Gasteiger charge is -2.34. The third-order valence-corrected chi connectivity index (χ3v) is 4.85. The van der Waals surface area contributed by atoms with Crippen molar-refractivity contribution in [1.29, 1.82) is 0 Å². The molecule has 1 aliphatic heterocycles. The molecule has 0 bridgehead atoms. The molecule has 1 aromatic heterocycles. The van der Waals surface area contributed by atoms with Gasteiger partial charge in [0.2, 0.25) is 17.7 Å². The fraction of sp³-hybridized carbons (Fsp3) is 0.444. The van der Waals surface area contributed by atoms with E-state index in [2.05, 4.69) is 5.10 Å². The molecule has 2 aromatic rings. The second-order valence-electron chi connectivity index (χ2n) is 6.82. The second-order valence-corrected chi connectivity index (χ2v) is 6.82. The van der Waals surface area contributed by atoms with Gasteiger partial charge in [-0.3, -0.25) is 9.59 Å². The van der Waals surface area contributed by atoms with Crippen LogP contribution >= 0.6 is 0 Å². The highest BCUT2D eigenvalue weighted by molar-refractivity contribution is 5.81. The van der Waals surface area contributed by atoms with E-state index < -0.39 is 11.6 Å². The molecule has 2 heterocycles. The molecule has 2 fully saturated rings. The molecule has 0 radical (unpaired) electrons. The number of nitrogens with zero attached hydrogens (tertiary/aromatic N) is 4. The van der Waals surface area contributed by atoms with Gasteiger partial charge in [-0.1, -0.05) is 0 Å². The maximum absolute atomic E-state index is 13.0. The van der Waals surface area contributed by atoms with E-state index >= 15 is 0 Å². The number of rotatable bonds is 4. The van der Waals surface area contributed by atoms with Gasteiger partial charge in [-0.2, -0.15) is 4.68 Å². The maximum atomic E-state index is 13.0. The van der Waals surface area contributed by atoms with Crippen molar-refractivity contribution in [1.82, 2.24) is 19.6 Å². The predicted molar refractivity (Wildman–Crippen MR) is 92.0 cm³/mol. The highest BCUT2D eigenvalue weighted by atomic mass is 19.1. The first-order chi connectivity index (χ1) is 13.0. The van der Waals surface area contributed by atoms with Crippen LogP contribution in [0.2, 0.25) is 0 Å². The summed E-state index contributed by atoms with van der Waals surface area (Å²) in [4.78, 5) is 39.9. The Balaban J connectivity index is 1.38. The van der Waals surface area contributed by atoms with Gasteiger partial charge in [-0.15, -0.1) is 5.10 Å². The van der Waals surface area contributed by atoms with E-state index in [1.165, 1.54) is 24.3 Å². The number of carbonyl (C=O) groups excluding carboxylic acids is 2. The molecule has 1 saturated carbocycles. The van der Waals surface area contributed by atoms with Crippen molar-refractivity contribution < 1.29 is 18.4 Å². The third kappa shape index (κ3) is 3.76. The van der Waals surface area contributed by atoms with Crippen LogP contribution in [0.5, 0.6) is 0 Å². The Morgan fingerprint density at radius 3 is 2.33 bits per heavy atom. The second kappa shape index (κ2) is 6.98. The van der Waals surface area contributed by atoms with E-state index in [4.69, 9.17) is 4.42 Å². The zero-order chi connectivity index (χ0) is 19.0. The molecule has 0 unspecified atom stereocenters. The molecule has 2 aliphatic rings. The van der Waals surface area contributed by atoms with Crippen LogP contribution in [-0.4, -0.2) is 57.6 Å². The SMILES string of the molecule is O=C(Cn1nc(-c2ccc(F)cc2)oc1=O)N1CCN(C(=O)C2CC2)CC1. The Morgan fingerprint density at radius 2 is 1.70 bits per heavy atom. The fourth-order valence-corrected chi connectivity index (χ4v) is 3.11. The molecular weight excluding hydrogens is 355 g/mol. The molecule has 0 spiro atoms. The number of hydrogen-bond donors (Lipinski definition) is 0. The summed E-state index contributed by atoms with van der Waals surface area (Å²) in [6, 6.07) is 5.37. The summed E-state index contributed by atoms with van der Waals surface area (Å²) in [6.45, 7) is 1.66. The standard InChI is InChI=1S/C18H19FN4O4/c19-14-5-3-12(4-6-14)16-20-23(18(26)27-16)11-15(24)21-7-9-22(10-8-21)17(25)13-1-2-13/h3-6,13H,1-2,7-11H2. The Labute approximate surface area is 154 Å². The van der Waals surface area contributed by atoms with Crippen molar-refractivity contribution in [3.05, 3.63) is 40.6 Å². The van der Waals surface area contributed by atoms with Gasteiger partial charge in [0.05, 0.1) is 0 Å². The van der Waals surface area contributed by atoms with Crippen LogP contribution in [0, 0.1) is 11.7 Å². The minimum Gasteiger partial charge on any atom is -0.388 e. The minimum atomic E-state index is -0.745. The molecule has 1 aromatic carbocycles. The average Bonchev–Trinajstić information content (AvgIpc) is 3.46. The summed E-state index contributed by atoms with van der Waals surface area (Å²) < 4.78 is 19.0. The number of halogens is 1. The smallest absolute Gasteiger partial charge is 0.388 e. The van der Waals surface area contributed by atoms with Crippen molar-refractivity contribution in [2.24, 2.45) is 5.92 Å². The molecule has 142 valence electrons. The molecule has 27 heavy (non-hydrogen) atoms. The summed E-state index contributed by atoms with van der Waals surface area (Å²) in [6.07, 6.45) is 1.92. The van der Waals surface area contributed by atoms with Gasteiger partial charge in [0, 0.05) is 37.7 Å². The van der Waals surface area contributed by atoms with Gasteiger partial charge in [0.15, 0.2) is 0 Å². The summed E-state index contributed by atoms with van der Waals surface area (Å²) in [5.74, 6) is -1.02. The largest absolute Gasteiger partial charge is 0.437 e. The number of piperazine rings is 1. The molecule has 0 atom stereocenters. The highest BCUT2D eigenvalue weighted by Crippen LogP contribution is 2.31. The topological polar surface area (TPSA) is 88.6 Å². The monoisotopic (exact) mass is 374 g/mol. The molecule has 9 heteroatoms. The number of hydrogen-bond acceptors (Lipinski definition) is 5. The van der Waals surface area contributed by atoms with Gasteiger partial charge < -0.3 is 14.2 Å². The number of amides is 2. The normalized spacial score (nSPS) is 17.2. The molecule has 8 nitrogen and oxygen atoms in total. The maximum Gasteiger partial charge on any atom is 0.437 e. The van der Waals surface area contributed by atoms with E-state index in [0.29, 0.717) is 31.7 Å². The molecular formula is C18H19FN4O4. The molecule has 2 amide bonds. The first kappa shape index (κ1) is 17.4. The Bertz CT molecular complexity index is 908. The molecule has 0 N–H and O–H groups in total. The van der Waals surface area contributed by atoms with Gasteiger partial charge in [0.25, 0.3) is 0 Å². The van der Waals surface area contributed by atoms with Gasteiger partial charge in [0.1, 0.15) is 12.4 Å². The summed E-state index contributed by atoms with van der Waals surface area (Å²) in [5, 5.41) is 4.02. The number of benzene rings is 1. The predicted octanol–water partition coefficient (Wildman–Crippen LogP) is 0.723. The Morgan fingerprint density at radius 1 is 1.07 bits per heavy atom. The average molecular weight is 374 g/mol. The first-order valence-corrected chi connectivity index (χ1v) is 8.92. The summed E-state index contributed by atoms with van der Waals surface area (Å²) >= 11 is 0.